The Hall–Kier alpha value is -3.20. The molecule has 0 aliphatic carbocycles. The molecule has 0 bridgehead atoms. The number of hydrogen-bond acceptors (Lipinski definition) is 4. The van der Waals surface area contributed by atoms with Gasteiger partial charge in [-0.05, 0) is 51.7 Å². The third kappa shape index (κ3) is 5.24. The summed E-state index contributed by atoms with van der Waals surface area (Å²) in [6.07, 6.45) is 7.37. The van der Waals surface area contributed by atoms with E-state index in [-0.39, 0.29) is 12.2 Å². The zero-order valence-electron chi connectivity index (χ0n) is 18.7. The van der Waals surface area contributed by atoms with E-state index < -0.39 is 17.6 Å². The number of terminal acetylenes is 1. The molecule has 1 aromatic heterocycles. The Labute approximate surface area is 178 Å². The zero-order chi connectivity index (χ0) is 22.6. The molecule has 0 saturated heterocycles. The number of aromatic nitrogens is 1. The minimum Gasteiger partial charge on any atom is -0.443 e. The van der Waals surface area contributed by atoms with Crippen LogP contribution in [-0.2, 0) is 22.5 Å². The molecule has 2 aromatic rings. The highest BCUT2D eigenvalue weighted by atomic mass is 16.6. The van der Waals surface area contributed by atoms with E-state index >= 15 is 0 Å². The lowest BCUT2D eigenvalue weighted by Crippen LogP contribution is -2.33. The third-order valence-electron chi connectivity index (χ3n) is 4.47. The van der Waals surface area contributed by atoms with Gasteiger partial charge in [-0.2, -0.15) is 0 Å². The number of rotatable bonds is 5. The number of para-hydroxylation sites is 1. The monoisotopic (exact) mass is 409 g/mol. The van der Waals surface area contributed by atoms with Crippen LogP contribution in [0.4, 0.5) is 4.79 Å². The van der Waals surface area contributed by atoms with Gasteiger partial charge in [0.05, 0.1) is 23.5 Å². The minimum absolute atomic E-state index is 0.0267. The predicted molar refractivity (Wildman–Crippen MR) is 119 cm³/mol. The standard InChI is InChI=1S/C24H31N3O3/c1-8-20(25)22(28)26(9-2)15-19-14-18-12-10-11-17(13-16(3)4)21(18)27(19)23(29)30-24(5,6)7/h2,8,10-12,14,16H,13,15,25H2,1,3-7H3/b20-8+. The van der Waals surface area contributed by atoms with Crippen molar-refractivity contribution < 1.29 is 14.3 Å². The summed E-state index contributed by atoms with van der Waals surface area (Å²) in [4.78, 5) is 26.8. The van der Waals surface area contributed by atoms with Crippen molar-refractivity contribution >= 4 is 22.9 Å². The van der Waals surface area contributed by atoms with Gasteiger partial charge in [-0.1, -0.05) is 44.5 Å². The lowest BCUT2D eigenvalue weighted by atomic mass is 10.0. The average Bonchev–Trinajstić information content (AvgIpc) is 3.02. The summed E-state index contributed by atoms with van der Waals surface area (Å²) >= 11 is 0. The number of ether oxygens (including phenoxy) is 1. The Bertz CT molecular complexity index is 1020. The van der Waals surface area contributed by atoms with E-state index in [4.69, 9.17) is 16.9 Å². The molecule has 2 N–H and O–H groups in total. The molecule has 0 saturated carbocycles. The molecule has 30 heavy (non-hydrogen) atoms. The maximum Gasteiger partial charge on any atom is 0.419 e. The SMILES string of the molecule is C#CN(Cc1cc2cccc(CC(C)C)c2n1C(=O)OC(C)(C)C)C(=O)/C(N)=C\C. The van der Waals surface area contributed by atoms with E-state index in [0.717, 1.165) is 27.8 Å². The van der Waals surface area contributed by atoms with Crippen LogP contribution in [0.25, 0.3) is 10.9 Å². The zero-order valence-corrected chi connectivity index (χ0v) is 18.7. The van der Waals surface area contributed by atoms with Crippen molar-refractivity contribution in [1.82, 2.24) is 9.47 Å². The van der Waals surface area contributed by atoms with Gasteiger partial charge in [0.15, 0.2) is 0 Å². The number of amides is 1. The van der Waals surface area contributed by atoms with Crippen LogP contribution >= 0.6 is 0 Å². The molecule has 0 aliphatic heterocycles. The van der Waals surface area contributed by atoms with E-state index in [1.54, 1.807) is 6.92 Å². The molecule has 0 atom stereocenters. The topological polar surface area (TPSA) is 77.6 Å². The highest BCUT2D eigenvalue weighted by Crippen LogP contribution is 2.28. The summed E-state index contributed by atoms with van der Waals surface area (Å²) in [7, 11) is 0. The van der Waals surface area contributed by atoms with Crippen molar-refractivity contribution in [2.24, 2.45) is 11.7 Å². The first kappa shape index (κ1) is 23.1. The Kier molecular flexibility index (Phi) is 6.99. The largest absolute Gasteiger partial charge is 0.443 e. The van der Waals surface area contributed by atoms with Crippen LogP contribution in [-0.4, -0.2) is 27.1 Å². The molecule has 1 amide bonds. The summed E-state index contributed by atoms with van der Waals surface area (Å²) in [6, 6.07) is 10.1. The van der Waals surface area contributed by atoms with E-state index in [1.165, 1.54) is 10.6 Å². The maximum atomic E-state index is 13.2. The quantitative estimate of drug-likeness (QED) is 0.451. The second-order valence-corrected chi connectivity index (χ2v) is 8.67. The summed E-state index contributed by atoms with van der Waals surface area (Å²) in [6.45, 7) is 11.4. The highest BCUT2D eigenvalue weighted by Gasteiger charge is 2.25. The fourth-order valence-electron chi connectivity index (χ4n) is 3.24. The third-order valence-corrected chi connectivity index (χ3v) is 4.47. The minimum atomic E-state index is -0.672. The van der Waals surface area contributed by atoms with Gasteiger partial charge in [-0.15, -0.1) is 0 Å². The van der Waals surface area contributed by atoms with Gasteiger partial charge >= 0.3 is 6.09 Å². The Morgan fingerprint density at radius 1 is 1.33 bits per heavy atom. The van der Waals surface area contributed by atoms with Gasteiger partial charge < -0.3 is 10.5 Å². The van der Waals surface area contributed by atoms with Crippen molar-refractivity contribution in [3.05, 3.63) is 47.3 Å². The van der Waals surface area contributed by atoms with Gasteiger partial charge in [-0.3, -0.25) is 9.69 Å². The predicted octanol–water partition coefficient (Wildman–Crippen LogP) is 4.40. The second-order valence-electron chi connectivity index (χ2n) is 8.67. The average molecular weight is 410 g/mol. The van der Waals surface area contributed by atoms with E-state index in [0.29, 0.717) is 11.6 Å². The fourth-order valence-corrected chi connectivity index (χ4v) is 3.24. The molecule has 0 spiro atoms. The van der Waals surface area contributed by atoms with Gasteiger partial charge in [0, 0.05) is 11.4 Å². The van der Waals surface area contributed by atoms with Gasteiger partial charge in [0.25, 0.3) is 5.91 Å². The Morgan fingerprint density at radius 2 is 2.00 bits per heavy atom. The molecule has 160 valence electrons. The van der Waals surface area contributed by atoms with Crippen molar-refractivity contribution in [3.8, 4) is 12.5 Å². The van der Waals surface area contributed by atoms with E-state index in [9.17, 15) is 9.59 Å². The molecular formula is C24H31N3O3. The number of nitrogens with two attached hydrogens (primary N) is 1. The summed E-state index contributed by atoms with van der Waals surface area (Å²) in [5.74, 6) is -0.0808. The maximum absolute atomic E-state index is 13.2. The Morgan fingerprint density at radius 3 is 2.53 bits per heavy atom. The van der Waals surface area contributed by atoms with Crippen LogP contribution in [0.5, 0.6) is 0 Å². The van der Waals surface area contributed by atoms with Crippen molar-refractivity contribution in [2.45, 2.75) is 60.1 Å². The number of carbonyl (C=O) groups is 2. The van der Waals surface area contributed by atoms with Gasteiger partial charge in [0.2, 0.25) is 0 Å². The van der Waals surface area contributed by atoms with Crippen molar-refractivity contribution in [2.75, 3.05) is 0 Å². The number of hydrogen-bond donors (Lipinski definition) is 1. The number of allylic oxidation sites excluding steroid dienone is 1. The number of carbonyl (C=O) groups excluding carboxylic acids is 2. The molecule has 0 unspecified atom stereocenters. The molecule has 6 heteroatoms. The summed E-state index contributed by atoms with van der Waals surface area (Å²) in [5, 5.41) is 0.887. The molecule has 0 fully saturated rings. The molecule has 0 radical (unpaired) electrons. The molecule has 1 aromatic carbocycles. The van der Waals surface area contributed by atoms with Crippen LogP contribution in [0.1, 0.15) is 52.8 Å². The fraction of sp³-hybridized carbons (Fsp3) is 0.417. The van der Waals surface area contributed by atoms with Crippen LogP contribution in [0, 0.1) is 18.4 Å². The molecular weight excluding hydrogens is 378 g/mol. The van der Waals surface area contributed by atoms with E-state index in [2.05, 4.69) is 19.9 Å². The normalized spacial score (nSPS) is 12.1. The van der Waals surface area contributed by atoms with Crippen LogP contribution < -0.4 is 5.73 Å². The smallest absolute Gasteiger partial charge is 0.419 e. The van der Waals surface area contributed by atoms with Crippen LogP contribution in [0.3, 0.4) is 0 Å². The van der Waals surface area contributed by atoms with Crippen molar-refractivity contribution in [1.29, 1.82) is 0 Å². The number of fused-ring (bicyclic) bond motifs is 1. The summed E-state index contributed by atoms with van der Waals surface area (Å²) < 4.78 is 7.20. The highest BCUT2D eigenvalue weighted by molar-refractivity contribution is 5.95. The molecule has 0 aliphatic rings. The first-order chi connectivity index (χ1) is 14.0. The lowest BCUT2D eigenvalue weighted by Gasteiger charge is -2.22. The molecule has 1 heterocycles. The lowest BCUT2D eigenvalue weighted by molar-refractivity contribution is -0.124. The van der Waals surface area contributed by atoms with Crippen LogP contribution in [0.15, 0.2) is 36.0 Å². The number of nitrogens with zero attached hydrogens (tertiary/aromatic N) is 2. The summed E-state index contributed by atoms with van der Waals surface area (Å²) in [5.41, 5.74) is 7.51. The van der Waals surface area contributed by atoms with Crippen molar-refractivity contribution in [3.63, 3.8) is 0 Å². The van der Waals surface area contributed by atoms with E-state index in [1.807, 2.05) is 45.0 Å². The first-order valence-corrected chi connectivity index (χ1v) is 10.0. The number of benzene rings is 1. The second kappa shape index (κ2) is 9.08. The Balaban J connectivity index is 2.66. The van der Waals surface area contributed by atoms with Gasteiger partial charge in [0.1, 0.15) is 5.60 Å². The first-order valence-electron chi connectivity index (χ1n) is 10.0. The molecule has 2 rings (SSSR count). The molecule has 6 nitrogen and oxygen atoms in total. The van der Waals surface area contributed by atoms with Crippen LogP contribution in [0.2, 0.25) is 0 Å². The van der Waals surface area contributed by atoms with Gasteiger partial charge in [-0.25, -0.2) is 9.36 Å².